The number of aliphatic hydroxyl groups is 5. The zero-order valence-corrected chi connectivity index (χ0v) is 22.9. The molecule has 0 spiro atoms. The Hall–Kier alpha value is -3.00. The molecule has 42 heavy (non-hydrogen) atoms. The summed E-state index contributed by atoms with van der Waals surface area (Å²) in [6.07, 6.45) is -10.7. The molecule has 2 aromatic rings. The number of nitrogens with one attached hydrogen (secondary N) is 3. The fraction of sp³-hybridized carbons (Fsp3) is 0.522. The van der Waals surface area contributed by atoms with Crippen LogP contribution in [0, 0.1) is 0 Å². The van der Waals surface area contributed by atoms with E-state index in [1.165, 1.54) is 0 Å². The van der Waals surface area contributed by atoms with Crippen molar-refractivity contribution >= 4 is 36.7 Å². The van der Waals surface area contributed by atoms with E-state index in [1.807, 2.05) is 0 Å². The Labute approximate surface area is 238 Å². The van der Waals surface area contributed by atoms with Crippen LogP contribution in [0.3, 0.4) is 0 Å². The van der Waals surface area contributed by atoms with E-state index >= 15 is 0 Å². The van der Waals surface area contributed by atoms with Crippen LogP contribution in [0.15, 0.2) is 34.1 Å². The van der Waals surface area contributed by atoms with Crippen molar-refractivity contribution in [1.82, 2.24) is 9.97 Å². The summed E-state index contributed by atoms with van der Waals surface area (Å²) in [4.78, 5) is 40.3. The second-order valence-electron chi connectivity index (χ2n) is 9.70. The minimum absolute atomic E-state index is 0.00712. The molecule has 1 saturated heterocycles. The first-order chi connectivity index (χ1) is 19.8. The Morgan fingerprint density at radius 1 is 1.14 bits per heavy atom. The quantitative estimate of drug-likeness (QED) is 0.101. The number of fused-ring (bicyclic) bond motifs is 1. The largest absolute Gasteiger partial charge is 0.469 e. The van der Waals surface area contributed by atoms with Gasteiger partial charge in [0.05, 0.1) is 38.1 Å². The molecule has 19 heteroatoms. The summed E-state index contributed by atoms with van der Waals surface area (Å²) < 4.78 is 25.5. The maximum atomic E-state index is 12.0. The third kappa shape index (κ3) is 8.30. The molecule has 2 aliphatic rings. The van der Waals surface area contributed by atoms with Crippen LogP contribution in [0.4, 0.5) is 23.1 Å². The second-order valence-corrected chi connectivity index (χ2v) is 10.9. The number of hydrogen-bond donors (Lipinski definition) is 11. The third-order valence-corrected chi connectivity index (χ3v) is 6.97. The van der Waals surface area contributed by atoms with Gasteiger partial charge in [0.25, 0.3) is 5.56 Å². The highest BCUT2D eigenvalue weighted by Gasteiger charge is 2.44. The van der Waals surface area contributed by atoms with Gasteiger partial charge in [0, 0.05) is 12.1 Å². The number of anilines is 3. The average Bonchev–Trinajstić information content (AvgIpc) is 3.21. The van der Waals surface area contributed by atoms with Crippen molar-refractivity contribution in [3.05, 3.63) is 40.2 Å². The summed E-state index contributed by atoms with van der Waals surface area (Å²) in [7, 11) is -4.83. The molecule has 0 unspecified atom stereocenters. The maximum absolute atomic E-state index is 12.0. The van der Waals surface area contributed by atoms with Crippen LogP contribution in [0.5, 0.6) is 0 Å². The van der Waals surface area contributed by atoms with Gasteiger partial charge in [0.2, 0.25) is 5.95 Å². The van der Waals surface area contributed by atoms with Gasteiger partial charge < -0.3 is 61.2 Å². The lowest BCUT2D eigenvalue weighted by atomic mass is 10.0. The number of benzene rings is 1. The van der Waals surface area contributed by atoms with E-state index in [0.29, 0.717) is 30.2 Å². The molecule has 3 heterocycles. The summed E-state index contributed by atoms with van der Waals surface area (Å²) in [6, 6.07) is 6.90. The van der Waals surface area contributed by atoms with E-state index in [4.69, 9.17) is 25.0 Å². The number of H-pyrrole nitrogens is 1. The molecule has 2 aliphatic heterocycles. The topological polar surface area (TPSA) is 295 Å². The Bertz CT molecular complexity index is 1350. The van der Waals surface area contributed by atoms with E-state index in [9.17, 15) is 34.9 Å². The van der Waals surface area contributed by atoms with Crippen molar-refractivity contribution in [2.75, 3.05) is 42.7 Å². The van der Waals surface area contributed by atoms with Crippen LogP contribution in [0.1, 0.15) is 5.56 Å². The van der Waals surface area contributed by atoms with Crippen LogP contribution in [0.25, 0.3) is 0 Å². The van der Waals surface area contributed by atoms with Gasteiger partial charge in [-0.15, -0.1) is 0 Å². The standard InChI is InChI=1S/C23H33N6O12P/c24-23-28-20-16(21(35)29-23)27-12(7-26-20)6-25-11-3-1-10(2-4-11)5-13(30)17(32)14(31)8-39-22-19(34)18(33)15(41-22)9-40-42(36,37)38/h1-4,13-15,17-19,22,25,30-34H,5-9H2,(H2,36,37,38)(H4,24,26,28,29,35)/t13-,14+,15+,17-,18+,19+,22-/m0/s1. The second kappa shape index (κ2) is 13.5. The third-order valence-electron chi connectivity index (χ3n) is 6.48. The van der Waals surface area contributed by atoms with E-state index in [1.54, 1.807) is 24.3 Å². The first-order valence-electron chi connectivity index (χ1n) is 12.7. The number of phosphoric ester groups is 1. The molecule has 1 fully saturated rings. The summed E-state index contributed by atoms with van der Waals surface area (Å²) in [6.45, 7) is -0.630. The Morgan fingerprint density at radius 2 is 1.86 bits per heavy atom. The lowest BCUT2D eigenvalue weighted by molar-refractivity contribution is -0.192. The molecule has 0 bridgehead atoms. The minimum atomic E-state index is -4.83. The van der Waals surface area contributed by atoms with Crippen LogP contribution in [0.2, 0.25) is 0 Å². The molecule has 12 N–H and O–H groups in total. The number of aliphatic hydroxyl groups excluding tert-OH is 5. The summed E-state index contributed by atoms with van der Waals surface area (Å²) in [5, 5.41) is 57.2. The molecule has 232 valence electrons. The van der Waals surface area contributed by atoms with Gasteiger partial charge in [0.15, 0.2) is 17.8 Å². The van der Waals surface area contributed by atoms with Gasteiger partial charge in [-0.05, 0) is 17.7 Å². The van der Waals surface area contributed by atoms with Gasteiger partial charge in [-0.3, -0.25) is 14.3 Å². The van der Waals surface area contributed by atoms with Crippen LogP contribution in [-0.4, -0.2) is 120 Å². The number of hydrogen-bond acceptors (Lipinski definition) is 15. The van der Waals surface area contributed by atoms with Crippen LogP contribution < -0.4 is 21.9 Å². The highest BCUT2D eigenvalue weighted by molar-refractivity contribution is 7.46. The fourth-order valence-electron chi connectivity index (χ4n) is 4.23. The number of nitrogen functional groups attached to an aromatic ring is 1. The van der Waals surface area contributed by atoms with Gasteiger partial charge in [-0.1, -0.05) is 12.1 Å². The summed E-state index contributed by atoms with van der Waals surface area (Å²) in [5.74, 6) is 0.303. The molecular weight excluding hydrogens is 583 g/mol. The van der Waals surface area contributed by atoms with E-state index in [0.717, 1.165) is 5.69 Å². The number of nitrogens with two attached hydrogens (primary N) is 1. The maximum Gasteiger partial charge on any atom is 0.469 e. The first kappa shape index (κ1) is 31.9. The number of rotatable bonds is 13. The fourth-order valence-corrected chi connectivity index (χ4v) is 4.57. The molecule has 0 aliphatic carbocycles. The van der Waals surface area contributed by atoms with Crippen molar-refractivity contribution in [2.45, 2.75) is 49.3 Å². The van der Waals surface area contributed by atoms with Crippen molar-refractivity contribution in [3.63, 3.8) is 0 Å². The lowest BCUT2D eigenvalue weighted by Crippen LogP contribution is -2.43. The number of aromatic amines is 1. The molecule has 0 saturated carbocycles. The summed E-state index contributed by atoms with van der Waals surface area (Å²) >= 11 is 0. The number of nitrogens with zero attached hydrogens (tertiary/aromatic N) is 2. The molecular formula is C23H33N6O12P. The molecule has 4 rings (SSSR count). The normalized spacial score (nSPS) is 24.3. The SMILES string of the molecule is Nc1nc2c(c(=O)[nH]1)N=C(CNc1ccc(C[C@H](O)[C@H](O)[C@H](O)CO[C@H]3O[C@H](COP(=O)(O)O)[C@@H](O)[C@H]3O)cc1)CN2. The molecule has 18 nitrogen and oxygen atoms in total. The number of phosphoric acid groups is 1. The van der Waals surface area contributed by atoms with E-state index in [-0.39, 0.29) is 18.1 Å². The van der Waals surface area contributed by atoms with Crippen molar-refractivity contribution < 1.29 is 53.9 Å². The Morgan fingerprint density at radius 3 is 2.55 bits per heavy atom. The number of aliphatic imine (C=N–C) groups is 1. The minimum Gasteiger partial charge on any atom is -0.390 e. The van der Waals surface area contributed by atoms with Gasteiger partial charge >= 0.3 is 7.82 Å². The molecule has 0 radical (unpaired) electrons. The van der Waals surface area contributed by atoms with Crippen molar-refractivity contribution in [3.8, 4) is 0 Å². The Balaban J connectivity index is 1.22. The Kier molecular flexibility index (Phi) is 10.3. The number of ether oxygens (including phenoxy) is 2. The molecule has 7 atom stereocenters. The van der Waals surface area contributed by atoms with Gasteiger partial charge in [-0.25, -0.2) is 9.56 Å². The molecule has 1 aromatic heterocycles. The zero-order chi connectivity index (χ0) is 30.6. The molecule has 0 amide bonds. The van der Waals surface area contributed by atoms with Crippen molar-refractivity contribution in [1.29, 1.82) is 0 Å². The average molecular weight is 617 g/mol. The highest BCUT2D eigenvalue weighted by atomic mass is 31.2. The smallest absolute Gasteiger partial charge is 0.390 e. The monoisotopic (exact) mass is 616 g/mol. The molecule has 1 aromatic carbocycles. The predicted octanol–water partition coefficient (Wildman–Crippen LogP) is -2.84. The zero-order valence-electron chi connectivity index (χ0n) is 22.0. The van der Waals surface area contributed by atoms with Crippen LogP contribution >= 0.6 is 7.82 Å². The highest BCUT2D eigenvalue weighted by Crippen LogP contribution is 2.37. The predicted molar refractivity (Wildman–Crippen MR) is 146 cm³/mol. The van der Waals surface area contributed by atoms with Gasteiger partial charge in [-0.2, -0.15) is 4.98 Å². The first-order valence-corrected chi connectivity index (χ1v) is 14.2. The van der Waals surface area contributed by atoms with Crippen LogP contribution in [-0.2, 0) is 25.0 Å². The van der Waals surface area contributed by atoms with E-state index < -0.39 is 69.5 Å². The van der Waals surface area contributed by atoms with Crippen molar-refractivity contribution in [2.24, 2.45) is 4.99 Å². The number of aromatic nitrogens is 2. The summed E-state index contributed by atoms with van der Waals surface area (Å²) in [5.41, 5.74) is 7.26. The van der Waals surface area contributed by atoms with E-state index in [2.05, 4.69) is 30.1 Å². The lowest BCUT2D eigenvalue weighted by Gasteiger charge is -2.25. The van der Waals surface area contributed by atoms with Gasteiger partial charge in [0.1, 0.15) is 30.5 Å².